The van der Waals surface area contributed by atoms with Crippen molar-refractivity contribution in [3.63, 3.8) is 0 Å². The Morgan fingerprint density at radius 3 is 2.88 bits per heavy atom. The molecule has 0 saturated carbocycles. The molecule has 136 valence electrons. The molecular formula is C18H21N5OS2. The molecule has 26 heavy (non-hydrogen) atoms. The average Bonchev–Trinajstić information content (AvgIpc) is 3.12. The van der Waals surface area contributed by atoms with Crippen LogP contribution in [0.15, 0.2) is 11.4 Å². The normalized spacial score (nSPS) is 13.8. The molecule has 3 heterocycles. The van der Waals surface area contributed by atoms with Gasteiger partial charge in [0.05, 0.1) is 22.8 Å². The highest BCUT2D eigenvalue weighted by atomic mass is 32.2. The number of amides is 1. The van der Waals surface area contributed by atoms with Crippen molar-refractivity contribution in [1.29, 1.82) is 0 Å². The summed E-state index contributed by atoms with van der Waals surface area (Å²) < 4.78 is 1.78. The van der Waals surface area contributed by atoms with Gasteiger partial charge < -0.3 is 5.32 Å². The van der Waals surface area contributed by atoms with Crippen LogP contribution >= 0.6 is 23.1 Å². The summed E-state index contributed by atoms with van der Waals surface area (Å²) in [6.07, 6.45) is 6.32. The molecule has 0 bridgehead atoms. The predicted molar refractivity (Wildman–Crippen MR) is 106 cm³/mol. The van der Waals surface area contributed by atoms with E-state index in [1.165, 1.54) is 40.4 Å². The number of hydrogen-bond acceptors (Lipinski definition) is 6. The first kappa shape index (κ1) is 17.5. The lowest BCUT2D eigenvalue weighted by Crippen LogP contribution is -2.15. The average molecular weight is 388 g/mol. The summed E-state index contributed by atoms with van der Waals surface area (Å²) in [5, 5.41) is 9.42. The second-order valence-corrected chi connectivity index (χ2v) is 8.62. The van der Waals surface area contributed by atoms with Gasteiger partial charge in [-0.15, -0.1) is 11.3 Å². The van der Waals surface area contributed by atoms with E-state index in [4.69, 9.17) is 0 Å². The van der Waals surface area contributed by atoms with Crippen molar-refractivity contribution in [3.8, 4) is 0 Å². The molecule has 0 aliphatic heterocycles. The summed E-state index contributed by atoms with van der Waals surface area (Å²) in [6.45, 7) is 3.86. The minimum Gasteiger partial charge on any atom is -0.322 e. The second kappa shape index (κ2) is 7.00. The number of thiophene rings is 1. The Kier molecular flexibility index (Phi) is 4.71. The van der Waals surface area contributed by atoms with E-state index in [1.54, 1.807) is 22.3 Å². The van der Waals surface area contributed by atoms with Gasteiger partial charge in [0.15, 0.2) is 0 Å². The number of thioether (sulfide) groups is 1. The summed E-state index contributed by atoms with van der Waals surface area (Å²) in [5.74, 6) is 0.287. The highest BCUT2D eigenvalue weighted by Gasteiger charge is 2.20. The minimum atomic E-state index is -0.0370. The van der Waals surface area contributed by atoms with Gasteiger partial charge in [-0.2, -0.15) is 5.10 Å². The number of nitrogens with one attached hydrogen (secondary N) is 1. The molecule has 0 spiro atoms. The maximum Gasteiger partial charge on any atom is 0.234 e. The number of hydrogen-bond donors (Lipinski definition) is 1. The lowest BCUT2D eigenvalue weighted by Gasteiger charge is -2.11. The molecule has 1 amide bonds. The molecule has 3 aromatic rings. The number of carbonyl (C=O) groups excluding carboxylic acids is 1. The SMILES string of the molecule is Cc1nn(C)c(C)c1NC(=O)CSc1ncnc2sc3c(c12)CCCC3. The van der Waals surface area contributed by atoms with Crippen LogP contribution in [0.1, 0.15) is 34.7 Å². The second-order valence-electron chi connectivity index (χ2n) is 6.58. The minimum absolute atomic E-state index is 0.0370. The molecule has 1 N–H and O–H groups in total. The first-order valence-corrected chi connectivity index (χ1v) is 10.5. The fraction of sp³-hybridized carbons (Fsp3) is 0.444. The number of anilines is 1. The van der Waals surface area contributed by atoms with Crippen molar-refractivity contribution in [2.24, 2.45) is 7.05 Å². The van der Waals surface area contributed by atoms with Crippen molar-refractivity contribution in [3.05, 3.63) is 28.2 Å². The third kappa shape index (κ3) is 3.12. The topological polar surface area (TPSA) is 72.7 Å². The largest absolute Gasteiger partial charge is 0.322 e. The van der Waals surface area contributed by atoms with Crippen molar-refractivity contribution < 1.29 is 4.79 Å². The van der Waals surface area contributed by atoms with E-state index in [2.05, 4.69) is 20.4 Å². The van der Waals surface area contributed by atoms with Crippen molar-refractivity contribution in [2.75, 3.05) is 11.1 Å². The van der Waals surface area contributed by atoms with Crippen molar-refractivity contribution in [2.45, 2.75) is 44.6 Å². The van der Waals surface area contributed by atoms with E-state index in [1.807, 2.05) is 20.9 Å². The quantitative estimate of drug-likeness (QED) is 0.546. The smallest absolute Gasteiger partial charge is 0.234 e. The summed E-state index contributed by atoms with van der Waals surface area (Å²) in [6, 6.07) is 0. The van der Waals surface area contributed by atoms with Gasteiger partial charge in [0.2, 0.25) is 5.91 Å². The molecule has 0 aromatic carbocycles. The lowest BCUT2D eigenvalue weighted by molar-refractivity contribution is -0.113. The van der Waals surface area contributed by atoms with Gasteiger partial charge in [-0.25, -0.2) is 9.97 Å². The van der Waals surface area contributed by atoms with Crippen molar-refractivity contribution >= 4 is 44.9 Å². The Bertz CT molecular complexity index is 991. The number of aryl methyl sites for hydroxylation is 4. The Hall–Kier alpha value is -1.93. The third-order valence-electron chi connectivity index (χ3n) is 4.83. The predicted octanol–water partition coefficient (Wildman–Crippen LogP) is 3.65. The molecule has 0 atom stereocenters. The van der Waals surface area contributed by atoms with Gasteiger partial charge in [-0.05, 0) is 45.1 Å². The molecule has 1 aliphatic rings. The van der Waals surface area contributed by atoms with Gasteiger partial charge >= 0.3 is 0 Å². The van der Waals surface area contributed by atoms with Gasteiger partial charge in [0.1, 0.15) is 16.2 Å². The fourth-order valence-electron chi connectivity index (χ4n) is 3.43. The maximum absolute atomic E-state index is 12.5. The molecule has 0 unspecified atom stereocenters. The maximum atomic E-state index is 12.5. The number of rotatable bonds is 4. The fourth-order valence-corrected chi connectivity index (χ4v) is 5.55. The van der Waals surface area contributed by atoms with Crippen LogP contribution in [0.2, 0.25) is 0 Å². The standard InChI is InChI=1S/C18H21N5OS2/c1-10-16(11(2)23(3)22-10)21-14(24)8-25-17-15-12-6-4-5-7-13(12)26-18(15)20-9-19-17/h9H,4-8H2,1-3H3,(H,21,24). The van der Waals surface area contributed by atoms with Gasteiger partial charge in [-0.3, -0.25) is 9.48 Å². The van der Waals surface area contributed by atoms with E-state index in [0.29, 0.717) is 5.75 Å². The van der Waals surface area contributed by atoms with Gasteiger partial charge in [-0.1, -0.05) is 11.8 Å². The lowest BCUT2D eigenvalue weighted by atomic mass is 9.97. The zero-order valence-electron chi connectivity index (χ0n) is 15.1. The van der Waals surface area contributed by atoms with Crippen LogP contribution in [0.4, 0.5) is 5.69 Å². The summed E-state index contributed by atoms with van der Waals surface area (Å²) in [7, 11) is 1.88. The molecule has 0 saturated heterocycles. The molecule has 6 nitrogen and oxygen atoms in total. The summed E-state index contributed by atoms with van der Waals surface area (Å²) in [5.41, 5.74) is 3.99. The molecular weight excluding hydrogens is 366 g/mol. The Balaban J connectivity index is 1.53. The third-order valence-corrected chi connectivity index (χ3v) is 7.02. The van der Waals surface area contributed by atoms with Crippen molar-refractivity contribution in [1.82, 2.24) is 19.7 Å². The molecule has 1 aliphatic carbocycles. The van der Waals surface area contributed by atoms with Gasteiger partial charge in [0.25, 0.3) is 0 Å². The Morgan fingerprint density at radius 2 is 2.12 bits per heavy atom. The van der Waals surface area contributed by atoms with Gasteiger partial charge in [0, 0.05) is 17.3 Å². The van der Waals surface area contributed by atoms with Crippen LogP contribution in [-0.4, -0.2) is 31.4 Å². The highest BCUT2D eigenvalue weighted by molar-refractivity contribution is 8.00. The molecule has 3 aromatic heterocycles. The van der Waals surface area contributed by atoms with E-state index in [0.717, 1.165) is 39.8 Å². The summed E-state index contributed by atoms with van der Waals surface area (Å²) >= 11 is 3.27. The number of carbonyl (C=O) groups is 1. The first-order valence-electron chi connectivity index (χ1n) is 8.72. The Labute approximate surface area is 160 Å². The molecule has 0 radical (unpaired) electrons. The number of aromatic nitrogens is 4. The van der Waals surface area contributed by atoms with E-state index >= 15 is 0 Å². The van der Waals surface area contributed by atoms with E-state index in [-0.39, 0.29) is 5.91 Å². The zero-order chi connectivity index (χ0) is 18.3. The molecule has 0 fully saturated rings. The number of nitrogens with zero attached hydrogens (tertiary/aromatic N) is 4. The summed E-state index contributed by atoms with van der Waals surface area (Å²) in [4.78, 5) is 23.9. The van der Waals surface area contributed by atoms with E-state index in [9.17, 15) is 4.79 Å². The first-order chi connectivity index (χ1) is 12.5. The van der Waals surface area contributed by atoms with Crippen LogP contribution in [0.25, 0.3) is 10.2 Å². The van der Waals surface area contributed by atoms with Crippen LogP contribution < -0.4 is 5.32 Å². The molecule has 4 rings (SSSR count). The van der Waals surface area contributed by atoms with Crippen LogP contribution in [0, 0.1) is 13.8 Å². The van der Waals surface area contributed by atoms with Crippen LogP contribution in [0.3, 0.4) is 0 Å². The van der Waals surface area contributed by atoms with Crippen LogP contribution in [0.5, 0.6) is 0 Å². The Morgan fingerprint density at radius 1 is 1.31 bits per heavy atom. The highest BCUT2D eigenvalue weighted by Crippen LogP contribution is 2.39. The van der Waals surface area contributed by atoms with E-state index < -0.39 is 0 Å². The number of fused-ring (bicyclic) bond motifs is 3. The monoisotopic (exact) mass is 387 g/mol. The molecule has 8 heteroatoms. The zero-order valence-corrected chi connectivity index (χ0v) is 16.8. The van der Waals surface area contributed by atoms with Crippen LogP contribution in [-0.2, 0) is 24.7 Å².